The molecular formula is C15H24N2O2. The third-order valence-electron chi connectivity index (χ3n) is 3.00. The molecule has 2 amide bonds. The molecule has 0 bridgehead atoms. The van der Waals surface area contributed by atoms with Gasteiger partial charge >= 0.3 is 6.03 Å². The number of hydrogen-bond acceptors (Lipinski definition) is 2. The summed E-state index contributed by atoms with van der Waals surface area (Å²) in [5, 5.41) is 15.4. The first-order valence-electron chi connectivity index (χ1n) is 6.63. The molecule has 0 fully saturated rings. The van der Waals surface area contributed by atoms with Gasteiger partial charge in [-0.2, -0.15) is 0 Å². The maximum atomic E-state index is 11.5. The van der Waals surface area contributed by atoms with E-state index in [2.05, 4.69) is 10.6 Å². The predicted octanol–water partition coefficient (Wildman–Crippen LogP) is 2.28. The van der Waals surface area contributed by atoms with Gasteiger partial charge in [-0.3, -0.25) is 0 Å². The maximum absolute atomic E-state index is 11.5. The van der Waals surface area contributed by atoms with E-state index in [4.69, 9.17) is 0 Å². The number of carbonyl (C=O) groups is 1. The molecule has 0 aliphatic rings. The minimum atomic E-state index is -0.415. The number of hydrogen-bond donors (Lipinski definition) is 3. The average molecular weight is 264 g/mol. The van der Waals surface area contributed by atoms with Crippen LogP contribution in [0.2, 0.25) is 0 Å². The molecule has 0 aliphatic heterocycles. The van der Waals surface area contributed by atoms with Crippen molar-refractivity contribution in [3.05, 3.63) is 35.9 Å². The van der Waals surface area contributed by atoms with E-state index in [-0.39, 0.29) is 11.4 Å². The highest BCUT2D eigenvalue weighted by Gasteiger charge is 2.21. The highest BCUT2D eigenvalue weighted by Crippen LogP contribution is 2.20. The van der Waals surface area contributed by atoms with Crippen LogP contribution in [0.4, 0.5) is 4.79 Å². The van der Waals surface area contributed by atoms with Crippen LogP contribution in [0.5, 0.6) is 0 Å². The summed E-state index contributed by atoms with van der Waals surface area (Å²) in [4.78, 5) is 11.5. The highest BCUT2D eigenvalue weighted by atomic mass is 16.3. The Morgan fingerprint density at radius 2 is 1.84 bits per heavy atom. The largest absolute Gasteiger partial charge is 0.393 e. The van der Waals surface area contributed by atoms with Crippen LogP contribution in [0.1, 0.15) is 32.8 Å². The van der Waals surface area contributed by atoms with E-state index >= 15 is 0 Å². The summed E-state index contributed by atoms with van der Waals surface area (Å²) in [6, 6.07) is 9.54. The Labute approximate surface area is 115 Å². The van der Waals surface area contributed by atoms with Gasteiger partial charge in [0.15, 0.2) is 0 Å². The topological polar surface area (TPSA) is 61.4 Å². The molecule has 1 rings (SSSR count). The summed E-state index contributed by atoms with van der Waals surface area (Å²) in [7, 11) is 0. The molecule has 0 unspecified atom stereocenters. The second-order valence-corrected chi connectivity index (χ2v) is 5.77. The smallest absolute Gasteiger partial charge is 0.315 e. The molecule has 0 aromatic heterocycles. The normalized spacial score (nSPS) is 12.8. The van der Waals surface area contributed by atoms with E-state index in [1.165, 1.54) is 0 Å². The molecule has 0 aliphatic carbocycles. The van der Waals surface area contributed by atoms with Gasteiger partial charge in [0, 0.05) is 13.1 Å². The predicted molar refractivity (Wildman–Crippen MR) is 76.8 cm³/mol. The summed E-state index contributed by atoms with van der Waals surface area (Å²) in [5.41, 5.74) is 0.912. The van der Waals surface area contributed by atoms with Crippen molar-refractivity contribution in [2.45, 2.75) is 39.8 Å². The molecule has 1 aromatic carbocycles. The van der Waals surface area contributed by atoms with Crippen molar-refractivity contribution >= 4 is 6.03 Å². The fourth-order valence-electron chi connectivity index (χ4n) is 1.60. The zero-order chi connectivity index (χ0) is 14.3. The third kappa shape index (κ3) is 6.25. The SMILES string of the molecule is CC(C)(C)[C@@H](O)CCNC(=O)NCc1ccccc1. The van der Waals surface area contributed by atoms with Gasteiger partial charge in [-0.15, -0.1) is 0 Å². The summed E-state index contributed by atoms with van der Waals surface area (Å²) in [5.74, 6) is 0. The molecule has 0 radical (unpaired) electrons. The van der Waals surface area contributed by atoms with Crippen LogP contribution in [-0.2, 0) is 6.54 Å². The van der Waals surface area contributed by atoms with Gasteiger partial charge in [0.2, 0.25) is 0 Å². The fraction of sp³-hybridized carbons (Fsp3) is 0.533. The van der Waals surface area contributed by atoms with Crippen molar-refractivity contribution in [1.82, 2.24) is 10.6 Å². The Kier molecular flexibility index (Phi) is 5.83. The Morgan fingerprint density at radius 3 is 2.42 bits per heavy atom. The Morgan fingerprint density at radius 1 is 1.21 bits per heavy atom. The molecule has 1 aromatic rings. The second-order valence-electron chi connectivity index (χ2n) is 5.77. The number of urea groups is 1. The van der Waals surface area contributed by atoms with Gasteiger partial charge < -0.3 is 15.7 Å². The number of nitrogens with one attached hydrogen (secondary N) is 2. The average Bonchev–Trinajstić information content (AvgIpc) is 2.36. The molecule has 4 nitrogen and oxygen atoms in total. The van der Waals surface area contributed by atoms with E-state index < -0.39 is 6.10 Å². The second kappa shape index (κ2) is 7.14. The lowest BCUT2D eigenvalue weighted by Crippen LogP contribution is -2.38. The molecule has 0 heterocycles. The minimum absolute atomic E-state index is 0.151. The molecule has 1 atom stereocenters. The maximum Gasteiger partial charge on any atom is 0.315 e. The van der Waals surface area contributed by atoms with Crippen molar-refractivity contribution in [2.75, 3.05) is 6.54 Å². The monoisotopic (exact) mass is 264 g/mol. The van der Waals surface area contributed by atoms with Crippen molar-refractivity contribution in [1.29, 1.82) is 0 Å². The number of aliphatic hydroxyl groups excluding tert-OH is 1. The Hall–Kier alpha value is -1.55. The number of rotatable bonds is 5. The van der Waals surface area contributed by atoms with Crippen LogP contribution in [0.3, 0.4) is 0 Å². The van der Waals surface area contributed by atoms with Gasteiger partial charge in [0.05, 0.1) is 6.10 Å². The minimum Gasteiger partial charge on any atom is -0.393 e. The van der Waals surface area contributed by atoms with Crippen molar-refractivity contribution in [2.24, 2.45) is 5.41 Å². The number of aliphatic hydroxyl groups is 1. The molecule has 3 N–H and O–H groups in total. The fourth-order valence-corrected chi connectivity index (χ4v) is 1.60. The zero-order valence-electron chi connectivity index (χ0n) is 11.9. The number of carbonyl (C=O) groups excluding carboxylic acids is 1. The Bertz CT molecular complexity index is 385. The van der Waals surface area contributed by atoms with Gasteiger partial charge in [-0.05, 0) is 17.4 Å². The summed E-state index contributed by atoms with van der Waals surface area (Å²) in [6.07, 6.45) is 0.143. The molecule has 0 saturated carbocycles. The number of benzene rings is 1. The highest BCUT2D eigenvalue weighted by molar-refractivity contribution is 5.73. The van der Waals surface area contributed by atoms with Crippen LogP contribution < -0.4 is 10.6 Å². The van der Waals surface area contributed by atoms with Gasteiger partial charge in [-0.1, -0.05) is 51.1 Å². The molecule has 4 heteroatoms. The standard InChI is InChI=1S/C15H24N2O2/c1-15(2,3)13(18)9-10-16-14(19)17-11-12-7-5-4-6-8-12/h4-8,13,18H,9-11H2,1-3H3,(H2,16,17,19)/t13-/m0/s1. The zero-order valence-corrected chi connectivity index (χ0v) is 11.9. The van der Waals surface area contributed by atoms with Crippen LogP contribution >= 0.6 is 0 Å². The van der Waals surface area contributed by atoms with Gasteiger partial charge in [0.1, 0.15) is 0 Å². The van der Waals surface area contributed by atoms with Crippen molar-refractivity contribution in [3.63, 3.8) is 0 Å². The lowest BCUT2D eigenvalue weighted by atomic mass is 9.87. The van der Waals surface area contributed by atoms with E-state index in [9.17, 15) is 9.90 Å². The van der Waals surface area contributed by atoms with E-state index in [0.717, 1.165) is 5.56 Å². The lowest BCUT2D eigenvalue weighted by Gasteiger charge is -2.25. The van der Waals surface area contributed by atoms with Gasteiger partial charge in [-0.25, -0.2) is 4.79 Å². The lowest BCUT2D eigenvalue weighted by molar-refractivity contribution is 0.0564. The molecule has 0 saturated heterocycles. The van der Waals surface area contributed by atoms with Crippen LogP contribution in [-0.4, -0.2) is 23.8 Å². The van der Waals surface area contributed by atoms with Crippen LogP contribution in [0.15, 0.2) is 30.3 Å². The molecular weight excluding hydrogens is 240 g/mol. The van der Waals surface area contributed by atoms with E-state index in [0.29, 0.717) is 19.5 Å². The van der Waals surface area contributed by atoms with Crippen molar-refractivity contribution in [3.8, 4) is 0 Å². The van der Waals surface area contributed by atoms with E-state index in [1.54, 1.807) is 0 Å². The third-order valence-corrected chi connectivity index (χ3v) is 3.00. The van der Waals surface area contributed by atoms with Crippen LogP contribution in [0.25, 0.3) is 0 Å². The molecule has 106 valence electrons. The first-order valence-corrected chi connectivity index (χ1v) is 6.63. The molecule has 19 heavy (non-hydrogen) atoms. The number of amides is 2. The van der Waals surface area contributed by atoms with E-state index in [1.807, 2.05) is 51.1 Å². The molecule has 0 spiro atoms. The van der Waals surface area contributed by atoms with Gasteiger partial charge in [0.25, 0.3) is 0 Å². The summed E-state index contributed by atoms with van der Waals surface area (Å²) in [6.45, 7) is 6.92. The van der Waals surface area contributed by atoms with Crippen LogP contribution in [0, 0.1) is 5.41 Å². The first-order chi connectivity index (χ1) is 8.89. The van der Waals surface area contributed by atoms with Crippen molar-refractivity contribution < 1.29 is 9.90 Å². The quantitative estimate of drug-likeness (QED) is 0.764. The summed E-state index contributed by atoms with van der Waals surface area (Å²) >= 11 is 0. The summed E-state index contributed by atoms with van der Waals surface area (Å²) < 4.78 is 0. The first kappa shape index (κ1) is 15.5. The Balaban J connectivity index is 2.19.